The van der Waals surface area contributed by atoms with Crippen molar-refractivity contribution in [3.05, 3.63) is 243 Å². The van der Waals surface area contributed by atoms with Crippen LogP contribution in [0.2, 0.25) is 0 Å². The van der Waals surface area contributed by atoms with Gasteiger partial charge in [-0.1, -0.05) is 133 Å². The van der Waals surface area contributed by atoms with Crippen molar-refractivity contribution in [3.8, 4) is 61.6 Å². The second-order valence-electron chi connectivity index (χ2n) is 15.5. The van der Waals surface area contributed by atoms with Gasteiger partial charge in [-0.15, -0.1) is 0 Å². The summed E-state index contributed by atoms with van der Waals surface area (Å²) in [5.74, 6) is 0. The molecule has 11 aromatic rings. The fourth-order valence-electron chi connectivity index (χ4n) is 8.69. The Kier molecular flexibility index (Phi) is 9.49. The molecule has 3 heterocycles. The largest absolute Gasteiger partial charge is 0.311 e. The van der Waals surface area contributed by atoms with Crippen LogP contribution in [0.15, 0.2) is 243 Å². The van der Waals surface area contributed by atoms with E-state index in [2.05, 4.69) is 214 Å². The van der Waals surface area contributed by atoms with Crippen molar-refractivity contribution in [2.75, 3.05) is 4.90 Å². The molecule has 0 fully saturated rings. The third kappa shape index (κ3) is 6.90. The van der Waals surface area contributed by atoms with E-state index < -0.39 is 0 Å². The van der Waals surface area contributed by atoms with Crippen molar-refractivity contribution in [1.29, 1.82) is 0 Å². The molecule has 292 valence electrons. The first-order valence-electron chi connectivity index (χ1n) is 21.0. The lowest BCUT2D eigenvalue weighted by molar-refractivity contribution is 1.18. The zero-order valence-electron chi connectivity index (χ0n) is 33.9. The van der Waals surface area contributed by atoms with Gasteiger partial charge >= 0.3 is 0 Å². The molecule has 0 aliphatic carbocycles. The molecule has 0 unspecified atom stereocenters. The summed E-state index contributed by atoms with van der Waals surface area (Å²) in [6, 6.07) is 82.2. The molecule has 0 bridgehead atoms. The van der Waals surface area contributed by atoms with E-state index in [0.717, 1.165) is 56.4 Å². The van der Waals surface area contributed by atoms with E-state index in [9.17, 15) is 0 Å². The molecule has 62 heavy (non-hydrogen) atoms. The van der Waals surface area contributed by atoms with Gasteiger partial charge in [0.2, 0.25) is 0 Å². The average Bonchev–Trinajstić information content (AvgIpc) is 3.69. The van der Waals surface area contributed by atoms with Gasteiger partial charge in [0.25, 0.3) is 0 Å². The van der Waals surface area contributed by atoms with Gasteiger partial charge in [0.15, 0.2) is 0 Å². The maximum absolute atomic E-state index is 4.58. The van der Waals surface area contributed by atoms with E-state index in [1.807, 2.05) is 48.8 Å². The van der Waals surface area contributed by atoms with E-state index in [0.29, 0.717) is 0 Å². The van der Waals surface area contributed by atoms with Gasteiger partial charge in [0.1, 0.15) is 0 Å². The van der Waals surface area contributed by atoms with E-state index >= 15 is 0 Å². The number of benzene rings is 8. The number of fused-ring (bicyclic) bond motifs is 3. The maximum Gasteiger partial charge on any atom is 0.0701 e. The summed E-state index contributed by atoms with van der Waals surface area (Å²) < 4.78 is 2.44. The van der Waals surface area contributed by atoms with Crippen molar-refractivity contribution in [2.24, 2.45) is 0 Å². The highest BCUT2D eigenvalue weighted by molar-refractivity contribution is 6.16. The van der Waals surface area contributed by atoms with Crippen LogP contribution in [0.1, 0.15) is 0 Å². The highest BCUT2D eigenvalue weighted by Crippen LogP contribution is 2.43. The Bertz CT molecular complexity index is 3190. The molecule has 0 aliphatic rings. The number of para-hydroxylation sites is 1. The number of hydrogen-bond acceptors (Lipinski definition) is 3. The van der Waals surface area contributed by atoms with Crippen LogP contribution in [-0.2, 0) is 0 Å². The van der Waals surface area contributed by atoms with Crippen LogP contribution in [-0.4, -0.2) is 14.5 Å². The number of aromatic nitrogens is 3. The topological polar surface area (TPSA) is 34.0 Å². The second kappa shape index (κ2) is 16.0. The molecule has 4 heteroatoms. The van der Waals surface area contributed by atoms with Crippen molar-refractivity contribution < 1.29 is 0 Å². The number of anilines is 3. The Morgan fingerprint density at radius 1 is 0.323 bits per heavy atom. The predicted molar refractivity (Wildman–Crippen MR) is 258 cm³/mol. The molecular formula is C58H40N4. The molecule has 4 nitrogen and oxygen atoms in total. The standard InChI is InChI=1S/C58H40N4/c1-4-14-41(15-5-1)47-39-52(43-16-6-2-7-17-43)58-54(40-47)53-38-46(28-35-57(53)62(58)48-18-8-3-9-19-48)42-22-29-49(30-23-42)61(50-31-24-44(25-32-50)55-20-10-12-36-59-55)51-33-26-45(27-34-51)56-21-11-13-37-60-56/h1-40H. The van der Waals surface area contributed by atoms with Crippen LogP contribution < -0.4 is 4.90 Å². The van der Waals surface area contributed by atoms with Crippen molar-refractivity contribution >= 4 is 38.9 Å². The van der Waals surface area contributed by atoms with Crippen LogP contribution in [0, 0.1) is 0 Å². The predicted octanol–water partition coefficient (Wildman–Crippen LogP) is 15.4. The summed E-state index contributed by atoms with van der Waals surface area (Å²) in [5, 5.41) is 2.43. The molecule has 0 saturated carbocycles. The van der Waals surface area contributed by atoms with Crippen LogP contribution in [0.25, 0.3) is 83.4 Å². The van der Waals surface area contributed by atoms with Gasteiger partial charge in [-0.05, 0) is 125 Å². The van der Waals surface area contributed by atoms with Gasteiger partial charge in [-0.25, -0.2) is 0 Å². The monoisotopic (exact) mass is 792 g/mol. The second-order valence-corrected chi connectivity index (χ2v) is 15.5. The molecule has 8 aromatic carbocycles. The molecule has 0 amide bonds. The summed E-state index contributed by atoms with van der Waals surface area (Å²) in [4.78, 5) is 11.5. The summed E-state index contributed by atoms with van der Waals surface area (Å²) in [7, 11) is 0. The zero-order valence-corrected chi connectivity index (χ0v) is 33.9. The molecular weight excluding hydrogens is 753 g/mol. The van der Waals surface area contributed by atoms with E-state index in [4.69, 9.17) is 0 Å². The van der Waals surface area contributed by atoms with E-state index in [1.165, 1.54) is 44.1 Å². The Hall–Kier alpha value is -8.34. The summed E-state index contributed by atoms with van der Waals surface area (Å²) in [5.41, 5.74) is 17.8. The van der Waals surface area contributed by atoms with Gasteiger partial charge in [-0.2, -0.15) is 0 Å². The Balaban J connectivity index is 1.04. The van der Waals surface area contributed by atoms with Gasteiger partial charge < -0.3 is 9.47 Å². The lowest BCUT2D eigenvalue weighted by Crippen LogP contribution is -2.09. The minimum Gasteiger partial charge on any atom is -0.311 e. The minimum atomic E-state index is 0.950. The zero-order chi connectivity index (χ0) is 41.2. The fraction of sp³-hybridized carbons (Fsp3) is 0. The molecule has 0 aliphatic heterocycles. The van der Waals surface area contributed by atoms with Gasteiger partial charge in [-0.3, -0.25) is 9.97 Å². The molecule has 0 saturated heterocycles. The first-order chi connectivity index (χ1) is 30.7. The first kappa shape index (κ1) is 36.7. The number of rotatable bonds is 9. The quantitative estimate of drug-likeness (QED) is 0.146. The van der Waals surface area contributed by atoms with Gasteiger partial charge in [0, 0.05) is 62.6 Å². The van der Waals surface area contributed by atoms with Crippen LogP contribution in [0.5, 0.6) is 0 Å². The maximum atomic E-state index is 4.58. The molecule has 0 radical (unpaired) electrons. The number of pyridine rings is 2. The number of nitrogens with zero attached hydrogens (tertiary/aromatic N) is 4. The van der Waals surface area contributed by atoms with E-state index in [1.54, 1.807) is 0 Å². The third-order valence-corrected chi connectivity index (χ3v) is 11.7. The normalized spacial score (nSPS) is 11.2. The summed E-state index contributed by atoms with van der Waals surface area (Å²) in [6.45, 7) is 0. The summed E-state index contributed by atoms with van der Waals surface area (Å²) in [6.07, 6.45) is 3.67. The van der Waals surface area contributed by atoms with Crippen LogP contribution in [0.4, 0.5) is 17.1 Å². The molecule has 11 rings (SSSR count). The highest BCUT2D eigenvalue weighted by Gasteiger charge is 2.20. The summed E-state index contributed by atoms with van der Waals surface area (Å²) >= 11 is 0. The lowest BCUT2D eigenvalue weighted by Gasteiger charge is -2.26. The van der Waals surface area contributed by atoms with E-state index in [-0.39, 0.29) is 0 Å². The Labute approximate surface area is 361 Å². The van der Waals surface area contributed by atoms with Crippen LogP contribution in [0.3, 0.4) is 0 Å². The SMILES string of the molecule is c1ccc(-c2cc(-c3ccccc3)c3c(c2)c2cc(-c4ccc(N(c5ccc(-c6ccccn6)cc5)c5ccc(-c6ccccn6)cc5)cc4)ccc2n3-c2ccccc2)cc1. The minimum absolute atomic E-state index is 0.950. The average molecular weight is 793 g/mol. The Morgan fingerprint density at radius 2 is 0.774 bits per heavy atom. The molecule has 3 aromatic heterocycles. The smallest absolute Gasteiger partial charge is 0.0701 e. The molecule has 0 spiro atoms. The highest BCUT2D eigenvalue weighted by atomic mass is 15.1. The van der Waals surface area contributed by atoms with Crippen molar-refractivity contribution in [1.82, 2.24) is 14.5 Å². The van der Waals surface area contributed by atoms with Gasteiger partial charge in [0.05, 0.1) is 22.4 Å². The van der Waals surface area contributed by atoms with Crippen LogP contribution >= 0.6 is 0 Å². The fourth-order valence-corrected chi connectivity index (χ4v) is 8.69. The molecule has 0 N–H and O–H groups in total. The Morgan fingerprint density at radius 3 is 1.31 bits per heavy atom. The lowest BCUT2D eigenvalue weighted by atomic mass is 9.95. The number of hydrogen-bond donors (Lipinski definition) is 0. The molecule has 0 atom stereocenters. The van der Waals surface area contributed by atoms with Crippen molar-refractivity contribution in [3.63, 3.8) is 0 Å². The van der Waals surface area contributed by atoms with Crippen molar-refractivity contribution in [2.45, 2.75) is 0 Å². The third-order valence-electron chi connectivity index (χ3n) is 11.7. The first-order valence-corrected chi connectivity index (χ1v) is 21.0.